The van der Waals surface area contributed by atoms with Crippen LogP contribution in [-0.4, -0.2) is 51.6 Å². The molecule has 39 heavy (non-hydrogen) atoms. The van der Waals surface area contributed by atoms with Crippen molar-refractivity contribution in [2.45, 2.75) is 16.9 Å². The molecule has 202 valence electrons. The van der Waals surface area contributed by atoms with Gasteiger partial charge in [0, 0.05) is 30.7 Å². The fourth-order valence-corrected chi connectivity index (χ4v) is 5.72. The van der Waals surface area contributed by atoms with Gasteiger partial charge in [-0.3, -0.25) is 4.79 Å². The van der Waals surface area contributed by atoms with E-state index in [0.717, 1.165) is 22.1 Å². The van der Waals surface area contributed by atoms with Crippen LogP contribution in [0.4, 0.5) is 5.82 Å². The SMILES string of the molecule is COc1ccc(-c2ccc(S(=O)(=O)C3CNCCO3)cc2)c2cc(CNC(=O)/C=C/c3ccc(N)nc3)oc12. The van der Waals surface area contributed by atoms with Crippen molar-refractivity contribution in [2.24, 2.45) is 0 Å². The van der Waals surface area contributed by atoms with Crippen LogP contribution in [0, 0.1) is 0 Å². The molecule has 1 aliphatic rings. The Morgan fingerprint density at radius 3 is 2.72 bits per heavy atom. The van der Waals surface area contributed by atoms with Crippen LogP contribution < -0.4 is 21.1 Å². The van der Waals surface area contributed by atoms with Gasteiger partial charge in [0.15, 0.2) is 16.8 Å². The maximum atomic E-state index is 13.0. The van der Waals surface area contributed by atoms with Crippen LogP contribution in [0.15, 0.2) is 76.2 Å². The number of benzene rings is 2. The number of morpholine rings is 1. The lowest BCUT2D eigenvalue weighted by Gasteiger charge is -2.23. The summed E-state index contributed by atoms with van der Waals surface area (Å²) in [6, 6.07) is 15.6. The molecule has 2 aromatic heterocycles. The van der Waals surface area contributed by atoms with Crippen LogP contribution in [0.3, 0.4) is 0 Å². The van der Waals surface area contributed by atoms with Crippen LogP contribution in [0.25, 0.3) is 28.2 Å². The van der Waals surface area contributed by atoms with E-state index in [9.17, 15) is 13.2 Å². The summed E-state index contributed by atoms with van der Waals surface area (Å²) in [6.07, 6.45) is 4.63. The average molecular weight is 549 g/mol. The van der Waals surface area contributed by atoms with E-state index < -0.39 is 15.3 Å². The standard InChI is InChI=1S/C28H28N4O6S/c1-36-24-9-8-22(19-4-6-21(7-5-19)39(34,35)27-17-30-12-13-37-27)23-14-20(38-28(23)24)16-32-26(33)11-3-18-2-10-25(29)31-15-18/h2-11,14-15,27,30H,12-13,16-17H2,1H3,(H2,29,31)(H,32,33)/b11-3+. The van der Waals surface area contributed by atoms with E-state index in [1.54, 1.807) is 61.8 Å². The number of pyridine rings is 1. The zero-order valence-electron chi connectivity index (χ0n) is 21.2. The van der Waals surface area contributed by atoms with E-state index in [4.69, 9.17) is 19.6 Å². The number of nitrogens with one attached hydrogen (secondary N) is 2. The van der Waals surface area contributed by atoms with Crippen molar-refractivity contribution in [2.75, 3.05) is 32.5 Å². The van der Waals surface area contributed by atoms with Crippen LogP contribution >= 0.6 is 0 Å². The number of nitrogen functional groups attached to an aromatic ring is 1. The third-order valence-electron chi connectivity index (χ3n) is 6.33. The predicted octanol–water partition coefficient (Wildman–Crippen LogP) is 3.13. The number of fused-ring (bicyclic) bond motifs is 1. The Kier molecular flexibility index (Phi) is 7.64. The number of amides is 1. The van der Waals surface area contributed by atoms with Crippen molar-refractivity contribution in [3.63, 3.8) is 0 Å². The summed E-state index contributed by atoms with van der Waals surface area (Å²) in [5.74, 6) is 1.19. The molecule has 1 fully saturated rings. The van der Waals surface area contributed by atoms with Gasteiger partial charge in [-0.2, -0.15) is 0 Å². The molecule has 0 radical (unpaired) electrons. The Labute approximate surface area is 225 Å². The molecule has 0 bridgehead atoms. The molecule has 4 aromatic rings. The van der Waals surface area contributed by atoms with Crippen LogP contribution in [0.2, 0.25) is 0 Å². The molecular weight excluding hydrogens is 520 g/mol. The molecule has 1 saturated heterocycles. The summed E-state index contributed by atoms with van der Waals surface area (Å²) in [4.78, 5) is 16.5. The van der Waals surface area contributed by atoms with Gasteiger partial charge in [0.25, 0.3) is 0 Å². The Bertz CT molecular complexity index is 1610. The first kappa shape index (κ1) is 26.4. The number of anilines is 1. The highest BCUT2D eigenvalue weighted by atomic mass is 32.2. The lowest BCUT2D eigenvalue weighted by Crippen LogP contribution is -2.42. The molecule has 4 N–H and O–H groups in total. The molecule has 10 nitrogen and oxygen atoms in total. The zero-order chi connectivity index (χ0) is 27.4. The largest absolute Gasteiger partial charge is 0.493 e. The third-order valence-corrected chi connectivity index (χ3v) is 8.25. The number of nitrogens with two attached hydrogens (primary N) is 1. The van der Waals surface area contributed by atoms with Crippen molar-refractivity contribution in [1.82, 2.24) is 15.6 Å². The highest BCUT2D eigenvalue weighted by Crippen LogP contribution is 2.37. The van der Waals surface area contributed by atoms with Gasteiger partial charge in [-0.05, 0) is 65.2 Å². The summed E-state index contributed by atoms with van der Waals surface area (Å²) >= 11 is 0. The maximum absolute atomic E-state index is 13.0. The first-order valence-electron chi connectivity index (χ1n) is 12.3. The molecule has 2 aromatic carbocycles. The van der Waals surface area contributed by atoms with Crippen molar-refractivity contribution in [1.29, 1.82) is 0 Å². The number of rotatable bonds is 8. The van der Waals surface area contributed by atoms with Crippen molar-refractivity contribution in [3.05, 3.63) is 78.2 Å². The summed E-state index contributed by atoms with van der Waals surface area (Å²) in [5, 5.41) is 6.63. The summed E-state index contributed by atoms with van der Waals surface area (Å²) in [6.45, 7) is 1.40. The number of sulfone groups is 1. The number of methoxy groups -OCH3 is 1. The first-order chi connectivity index (χ1) is 18.8. The van der Waals surface area contributed by atoms with Crippen molar-refractivity contribution < 1.29 is 27.1 Å². The first-order valence-corrected chi connectivity index (χ1v) is 13.8. The lowest BCUT2D eigenvalue weighted by molar-refractivity contribution is -0.116. The number of ether oxygens (including phenoxy) is 2. The van der Waals surface area contributed by atoms with Gasteiger partial charge < -0.3 is 30.3 Å². The highest BCUT2D eigenvalue weighted by Gasteiger charge is 2.30. The van der Waals surface area contributed by atoms with Gasteiger partial charge in [-0.15, -0.1) is 0 Å². The lowest BCUT2D eigenvalue weighted by atomic mass is 10.0. The number of hydrogen-bond donors (Lipinski definition) is 3. The Morgan fingerprint density at radius 2 is 2.03 bits per heavy atom. The summed E-state index contributed by atoms with van der Waals surface area (Å²) in [7, 11) is -2.08. The highest BCUT2D eigenvalue weighted by molar-refractivity contribution is 7.92. The van der Waals surface area contributed by atoms with Crippen molar-refractivity contribution >= 4 is 38.6 Å². The van der Waals surface area contributed by atoms with E-state index in [-0.39, 0.29) is 23.9 Å². The number of carbonyl (C=O) groups is 1. The van der Waals surface area contributed by atoms with E-state index >= 15 is 0 Å². The summed E-state index contributed by atoms with van der Waals surface area (Å²) in [5.41, 5.74) is 7.59. The van der Waals surface area contributed by atoms with E-state index in [1.165, 1.54) is 6.08 Å². The smallest absolute Gasteiger partial charge is 0.244 e. The number of aromatic nitrogens is 1. The molecule has 1 atom stereocenters. The topological polar surface area (TPSA) is 146 Å². The van der Waals surface area contributed by atoms with E-state index in [1.807, 2.05) is 12.1 Å². The molecule has 0 saturated carbocycles. The maximum Gasteiger partial charge on any atom is 0.244 e. The molecule has 11 heteroatoms. The van der Waals surface area contributed by atoms with Crippen LogP contribution in [0.1, 0.15) is 11.3 Å². The van der Waals surface area contributed by atoms with Gasteiger partial charge in [-0.1, -0.05) is 12.1 Å². The van der Waals surface area contributed by atoms with Gasteiger partial charge in [0.05, 0.1) is 25.2 Å². The quantitative estimate of drug-likeness (QED) is 0.283. The fourth-order valence-electron chi connectivity index (χ4n) is 4.29. The molecule has 1 aliphatic heterocycles. The summed E-state index contributed by atoms with van der Waals surface area (Å²) < 4.78 is 42.9. The number of nitrogens with zero attached hydrogens (tertiary/aromatic N) is 1. The second kappa shape index (κ2) is 11.3. The second-order valence-corrected chi connectivity index (χ2v) is 11.0. The van der Waals surface area contributed by atoms with Crippen molar-refractivity contribution in [3.8, 4) is 16.9 Å². The Balaban J connectivity index is 1.35. The molecule has 0 spiro atoms. The minimum absolute atomic E-state index is 0.160. The van der Waals surface area contributed by atoms with Gasteiger partial charge >= 0.3 is 0 Å². The number of furan rings is 1. The monoisotopic (exact) mass is 548 g/mol. The van der Waals surface area contributed by atoms with Gasteiger partial charge in [0.1, 0.15) is 11.6 Å². The zero-order valence-corrected chi connectivity index (χ0v) is 22.0. The normalized spacial score (nSPS) is 16.0. The average Bonchev–Trinajstić information content (AvgIpc) is 3.40. The Morgan fingerprint density at radius 1 is 1.21 bits per heavy atom. The Hall–Kier alpha value is -4.19. The fraction of sp³-hybridized carbons (Fsp3) is 0.214. The second-order valence-electron chi connectivity index (χ2n) is 8.91. The molecule has 5 rings (SSSR count). The van der Waals surface area contributed by atoms with Crippen LogP contribution in [-0.2, 0) is 25.9 Å². The number of hydrogen-bond acceptors (Lipinski definition) is 9. The van der Waals surface area contributed by atoms with Crippen LogP contribution in [0.5, 0.6) is 5.75 Å². The van der Waals surface area contributed by atoms with E-state index in [2.05, 4.69) is 15.6 Å². The molecule has 0 aliphatic carbocycles. The molecule has 1 amide bonds. The molecule has 3 heterocycles. The minimum atomic E-state index is -3.63. The molecular formula is C28H28N4O6S. The third kappa shape index (κ3) is 5.80. The molecule has 1 unspecified atom stereocenters. The van der Waals surface area contributed by atoms with Gasteiger partial charge in [0.2, 0.25) is 15.7 Å². The predicted molar refractivity (Wildman–Crippen MR) is 148 cm³/mol. The van der Waals surface area contributed by atoms with E-state index in [0.29, 0.717) is 36.1 Å². The number of carbonyl (C=O) groups excluding carboxylic acids is 1. The van der Waals surface area contributed by atoms with Gasteiger partial charge in [-0.25, -0.2) is 13.4 Å². The minimum Gasteiger partial charge on any atom is -0.493 e.